The first kappa shape index (κ1) is 12.4. The Morgan fingerprint density at radius 2 is 2.00 bits per heavy atom. The van der Waals surface area contributed by atoms with Gasteiger partial charge in [0.1, 0.15) is 11.3 Å². The van der Waals surface area contributed by atoms with Gasteiger partial charge in [-0.2, -0.15) is 5.10 Å². The van der Waals surface area contributed by atoms with Crippen LogP contribution in [0, 0.1) is 6.92 Å². The van der Waals surface area contributed by atoms with Gasteiger partial charge in [0.15, 0.2) is 0 Å². The molecule has 0 fully saturated rings. The number of carboxylic acids is 1. The second-order valence-electron chi connectivity index (χ2n) is 4.32. The summed E-state index contributed by atoms with van der Waals surface area (Å²) in [5.41, 5.74) is 3.42. The molecule has 94 valence electrons. The summed E-state index contributed by atoms with van der Waals surface area (Å²) in [6, 6.07) is 7.89. The third-order valence-corrected chi connectivity index (χ3v) is 2.93. The maximum absolute atomic E-state index is 11.2. The number of H-pyrrole nitrogens is 1. The molecule has 1 aromatic heterocycles. The van der Waals surface area contributed by atoms with Crippen LogP contribution in [-0.4, -0.2) is 21.3 Å². The number of aromatic carboxylic acids is 1. The standard InChI is InChI=1S/C14H16N2O2/c1-3-4-10-5-7-11(8-6-10)13-12(14(17)18)9(2)15-16-13/h5-8H,3-4H2,1-2H3,(H,15,16)(H,17,18). The van der Waals surface area contributed by atoms with Gasteiger partial charge in [-0.15, -0.1) is 0 Å². The molecular weight excluding hydrogens is 228 g/mol. The van der Waals surface area contributed by atoms with Crippen molar-refractivity contribution in [2.45, 2.75) is 26.7 Å². The van der Waals surface area contributed by atoms with Crippen molar-refractivity contribution < 1.29 is 9.90 Å². The largest absolute Gasteiger partial charge is 0.478 e. The highest BCUT2D eigenvalue weighted by Crippen LogP contribution is 2.24. The van der Waals surface area contributed by atoms with Crippen LogP contribution in [0.15, 0.2) is 24.3 Å². The summed E-state index contributed by atoms with van der Waals surface area (Å²) >= 11 is 0. The van der Waals surface area contributed by atoms with E-state index >= 15 is 0 Å². The van der Waals surface area contributed by atoms with E-state index in [-0.39, 0.29) is 5.56 Å². The summed E-state index contributed by atoms with van der Waals surface area (Å²) in [7, 11) is 0. The van der Waals surface area contributed by atoms with Crippen LogP contribution in [0.5, 0.6) is 0 Å². The lowest BCUT2D eigenvalue weighted by Gasteiger charge is -2.02. The molecule has 4 nitrogen and oxygen atoms in total. The molecule has 0 spiro atoms. The minimum Gasteiger partial charge on any atom is -0.478 e. The first-order valence-corrected chi connectivity index (χ1v) is 6.01. The van der Waals surface area contributed by atoms with Gasteiger partial charge in [-0.1, -0.05) is 37.6 Å². The van der Waals surface area contributed by atoms with Crippen molar-refractivity contribution in [2.24, 2.45) is 0 Å². The second-order valence-corrected chi connectivity index (χ2v) is 4.32. The molecule has 0 aliphatic rings. The number of hydrogen-bond donors (Lipinski definition) is 2. The number of rotatable bonds is 4. The predicted molar refractivity (Wildman–Crippen MR) is 69.7 cm³/mol. The van der Waals surface area contributed by atoms with Crippen LogP contribution in [0.4, 0.5) is 0 Å². The highest BCUT2D eigenvalue weighted by molar-refractivity contribution is 5.96. The van der Waals surface area contributed by atoms with E-state index < -0.39 is 5.97 Å². The summed E-state index contributed by atoms with van der Waals surface area (Å²) in [6.45, 7) is 3.85. The van der Waals surface area contributed by atoms with Gasteiger partial charge in [0.05, 0.1) is 0 Å². The number of aryl methyl sites for hydroxylation is 2. The van der Waals surface area contributed by atoms with Crippen LogP contribution in [-0.2, 0) is 6.42 Å². The van der Waals surface area contributed by atoms with Gasteiger partial charge in [-0.25, -0.2) is 4.79 Å². The molecule has 4 heteroatoms. The fraction of sp³-hybridized carbons (Fsp3) is 0.286. The van der Waals surface area contributed by atoms with Gasteiger partial charge >= 0.3 is 5.97 Å². The Kier molecular flexibility index (Phi) is 3.46. The molecule has 0 bridgehead atoms. The molecule has 2 aromatic rings. The molecule has 2 rings (SSSR count). The van der Waals surface area contributed by atoms with E-state index in [0.717, 1.165) is 18.4 Å². The molecule has 1 aromatic carbocycles. The predicted octanol–water partition coefficient (Wildman–Crippen LogP) is 3.04. The van der Waals surface area contributed by atoms with Crippen molar-refractivity contribution in [2.75, 3.05) is 0 Å². The first-order valence-electron chi connectivity index (χ1n) is 6.01. The molecule has 0 radical (unpaired) electrons. The van der Waals surface area contributed by atoms with Crippen molar-refractivity contribution in [3.05, 3.63) is 41.1 Å². The van der Waals surface area contributed by atoms with Crippen LogP contribution in [0.2, 0.25) is 0 Å². The Labute approximate surface area is 106 Å². The average molecular weight is 244 g/mol. The Bertz CT molecular complexity index is 556. The normalized spacial score (nSPS) is 10.6. The molecule has 0 amide bonds. The quantitative estimate of drug-likeness (QED) is 0.868. The van der Waals surface area contributed by atoms with Crippen LogP contribution < -0.4 is 0 Å². The zero-order valence-corrected chi connectivity index (χ0v) is 10.5. The van der Waals surface area contributed by atoms with Crippen LogP contribution in [0.1, 0.15) is 35.0 Å². The highest BCUT2D eigenvalue weighted by Gasteiger charge is 2.18. The minimum absolute atomic E-state index is 0.248. The number of hydrogen-bond acceptors (Lipinski definition) is 2. The summed E-state index contributed by atoms with van der Waals surface area (Å²) in [6.07, 6.45) is 2.13. The maximum atomic E-state index is 11.2. The lowest BCUT2D eigenvalue weighted by molar-refractivity contribution is 0.0697. The van der Waals surface area contributed by atoms with E-state index in [1.54, 1.807) is 6.92 Å². The Balaban J connectivity index is 2.40. The lowest BCUT2D eigenvalue weighted by Crippen LogP contribution is -1.99. The van der Waals surface area contributed by atoms with Crippen molar-refractivity contribution in [3.8, 4) is 11.3 Å². The SMILES string of the molecule is CCCc1ccc(-c2n[nH]c(C)c2C(=O)O)cc1. The van der Waals surface area contributed by atoms with Gasteiger partial charge in [0.2, 0.25) is 0 Å². The van der Waals surface area contributed by atoms with E-state index in [1.165, 1.54) is 5.56 Å². The molecule has 0 saturated heterocycles. The van der Waals surface area contributed by atoms with Crippen LogP contribution in [0.3, 0.4) is 0 Å². The molecule has 0 unspecified atom stereocenters. The van der Waals surface area contributed by atoms with Gasteiger partial charge in [-0.05, 0) is 18.9 Å². The summed E-state index contributed by atoms with van der Waals surface area (Å²) < 4.78 is 0. The monoisotopic (exact) mass is 244 g/mol. The Morgan fingerprint density at radius 1 is 1.33 bits per heavy atom. The molecule has 0 saturated carbocycles. The van der Waals surface area contributed by atoms with Crippen molar-refractivity contribution in [3.63, 3.8) is 0 Å². The fourth-order valence-electron chi connectivity index (χ4n) is 2.02. The summed E-state index contributed by atoms with van der Waals surface area (Å²) in [5.74, 6) is -0.950. The molecule has 0 aliphatic carbocycles. The van der Waals surface area contributed by atoms with Crippen molar-refractivity contribution in [1.29, 1.82) is 0 Å². The molecule has 1 heterocycles. The molecule has 2 N–H and O–H groups in total. The van der Waals surface area contributed by atoms with Gasteiger partial charge in [-0.3, -0.25) is 5.10 Å². The minimum atomic E-state index is -0.950. The zero-order valence-electron chi connectivity index (χ0n) is 10.5. The van der Waals surface area contributed by atoms with E-state index in [1.807, 2.05) is 24.3 Å². The highest BCUT2D eigenvalue weighted by atomic mass is 16.4. The van der Waals surface area contributed by atoms with Crippen molar-refractivity contribution in [1.82, 2.24) is 10.2 Å². The van der Waals surface area contributed by atoms with Crippen LogP contribution >= 0.6 is 0 Å². The maximum Gasteiger partial charge on any atom is 0.339 e. The number of nitrogens with one attached hydrogen (secondary N) is 1. The molecule has 0 aliphatic heterocycles. The van der Waals surface area contributed by atoms with Gasteiger partial charge in [0.25, 0.3) is 0 Å². The number of carboxylic acid groups (broad SMARTS) is 1. The van der Waals surface area contributed by atoms with E-state index in [4.69, 9.17) is 0 Å². The smallest absolute Gasteiger partial charge is 0.339 e. The average Bonchev–Trinajstić information content (AvgIpc) is 2.73. The lowest BCUT2D eigenvalue weighted by atomic mass is 10.0. The van der Waals surface area contributed by atoms with E-state index in [9.17, 15) is 9.90 Å². The number of benzene rings is 1. The molecular formula is C14H16N2O2. The number of aromatic nitrogens is 2. The Morgan fingerprint density at radius 3 is 2.56 bits per heavy atom. The van der Waals surface area contributed by atoms with Gasteiger partial charge in [0, 0.05) is 11.3 Å². The summed E-state index contributed by atoms with van der Waals surface area (Å²) in [4.78, 5) is 11.2. The first-order chi connectivity index (χ1) is 8.63. The summed E-state index contributed by atoms with van der Waals surface area (Å²) in [5, 5.41) is 16.0. The Hall–Kier alpha value is -2.10. The van der Waals surface area contributed by atoms with Gasteiger partial charge < -0.3 is 5.11 Å². The van der Waals surface area contributed by atoms with E-state index in [0.29, 0.717) is 11.4 Å². The topological polar surface area (TPSA) is 66.0 Å². The molecule has 0 atom stereocenters. The van der Waals surface area contributed by atoms with Crippen molar-refractivity contribution >= 4 is 5.97 Å². The third kappa shape index (κ3) is 2.27. The molecule has 18 heavy (non-hydrogen) atoms. The second kappa shape index (κ2) is 5.04. The third-order valence-electron chi connectivity index (χ3n) is 2.93. The number of carbonyl (C=O) groups is 1. The fourth-order valence-corrected chi connectivity index (χ4v) is 2.02. The van der Waals surface area contributed by atoms with E-state index in [2.05, 4.69) is 17.1 Å². The zero-order chi connectivity index (χ0) is 13.1. The number of aromatic amines is 1. The van der Waals surface area contributed by atoms with Crippen LogP contribution in [0.25, 0.3) is 11.3 Å². The number of nitrogens with zero attached hydrogens (tertiary/aromatic N) is 1.